The molecular formula is C11H15O3. The molecule has 0 aliphatic rings. The first-order valence-corrected chi connectivity index (χ1v) is 4.56. The molecule has 3 heteroatoms. The zero-order valence-corrected chi connectivity index (χ0v) is 8.53. The van der Waals surface area contributed by atoms with Crippen molar-refractivity contribution in [3.63, 3.8) is 0 Å². The fourth-order valence-corrected chi connectivity index (χ4v) is 0.973. The Bertz CT molecular complexity index is 236. The molecular weight excluding hydrogens is 180 g/mol. The van der Waals surface area contributed by atoms with Gasteiger partial charge in [-0.15, -0.1) is 0 Å². The number of hydrogen-bond donors (Lipinski definition) is 0. The lowest BCUT2D eigenvalue weighted by Crippen LogP contribution is -2.18. The van der Waals surface area contributed by atoms with Crippen LogP contribution in [0, 0.1) is 6.07 Å². The Kier molecular flexibility index (Phi) is 5.04. The molecule has 0 aromatic heterocycles. The topological polar surface area (TPSA) is 27.7 Å². The van der Waals surface area contributed by atoms with Crippen LogP contribution in [0.15, 0.2) is 24.3 Å². The summed E-state index contributed by atoms with van der Waals surface area (Å²) in [5.74, 6) is 0.786. The lowest BCUT2D eigenvalue weighted by molar-refractivity contribution is -0.0796. The van der Waals surface area contributed by atoms with Crippen molar-refractivity contribution in [3.8, 4) is 5.75 Å². The predicted octanol–water partition coefficient (Wildman–Crippen LogP) is 1.87. The van der Waals surface area contributed by atoms with Gasteiger partial charge in [0.25, 0.3) is 0 Å². The maximum atomic E-state index is 5.46. The van der Waals surface area contributed by atoms with Gasteiger partial charge in [0, 0.05) is 7.11 Å². The Balaban J connectivity index is 2.23. The minimum atomic E-state index is -0.257. The van der Waals surface area contributed by atoms with E-state index in [9.17, 15) is 0 Å². The third-order valence-corrected chi connectivity index (χ3v) is 1.63. The van der Waals surface area contributed by atoms with Crippen LogP contribution in [0.2, 0.25) is 0 Å². The second kappa shape index (κ2) is 6.40. The number of benzene rings is 1. The second-order valence-electron chi connectivity index (χ2n) is 2.78. The zero-order valence-electron chi connectivity index (χ0n) is 8.53. The van der Waals surface area contributed by atoms with Crippen molar-refractivity contribution in [1.82, 2.24) is 0 Å². The van der Waals surface area contributed by atoms with Crippen LogP contribution in [0.3, 0.4) is 0 Å². The summed E-state index contributed by atoms with van der Waals surface area (Å²) >= 11 is 0. The standard InChI is InChI=1S/C11H15O3/c1-10(13-9-8-12-2)14-11-6-4-3-5-7-11/h4-7,10H,8-9H2,1-2H3. The van der Waals surface area contributed by atoms with Crippen molar-refractivity contribution in [2.45, 2.75) is 13.2 Å². The summed E-state index contributed by atoms with van der Waals surface area (Å²) in [6, 6.07) is 10.2. The summed E-state index contributed by atoms with van der Waals surface area (Å²) < 4.78 is 15.6. The summed E-state index contributed by atoms with van der Waals surface area (Å²) in [7, 11) is 1.64. The minimum absolute atomic E-state index is 0.257. The van der Waals surface area contributed by atoms with Gasteiger partial charge in [-0.3, -0.25) is 0 Å². The molecule has 0 aliphatic carbocycles. The van der Waals surface area contributed by atoms with Crippen LogP contribution in [0.4, 0.5) is 0 Å². The van der Waals surface area contributed by atoms with Crippen molar-refractivity contribution in [1.29, 1.82) is 0 Å². The van der Waals surface area contributed by atoms with E-state index in [2.05, 4.69) is 6.07 Å². The van der Waals surface area contributed by atoms with E-state index in [1.165, 1.54) is 0 Å². The Hall–Kier alpha value is -1.06. The lowest BCUT2D eigenvalue weighted by atomic mass is 10.3. The molecule has 14 heavy (non-hydrogen) atoms. The van der Waals surface area contributed by atoms with Crippen LogP contribution in [-0.4, -0.2) is 26.6 Å². The van der Waals surface area contributed by atoms with Crippen molar-refractivity contribution in [3.05, 3.63) is 30.3 Å². The maximum Gasteiger partial charge on any atom is 0.197 e. The van der Waals surface area contributed by atoms with Crippen molar-refractivity contribution >= 4 is 0 Å². The molecule has 0 saturated heterocycles. The molecule has 1 aromatic rings. The summed E-state index contributed by atoms with van der Waals surface area (Å²) in [4.78, 5) is 0. The van der Waals surface area contributed by atoms with Gasteiger partial charge in [0.2, 0.25) is 0 Å². The first-order chi connectivity index (χ1) is 6.83. The molecule has 1 atom stereocenters. The van der Waals surface area contributed by atoms with Gasteiger partial charge in [-0.05, 0) is 25.1 Å². The van der Waals surface area contributed by atoms with Crippen LogP contribution in [-0.2, 0) is 9.47 Å². The Morgan fingerprint density at radius 1 is 1.29 bits per heavy atom. The van der Waals surface area contributed by atoms with E-state index >= 15 is 0 Å². The highest BCUT2D eigenvalue weighted by molar-refractivity contribution is 5.20. The quantitative estimate of drug-likeness (QED) is 0.512. The molecule has 1 unspecified atom stereocenters. The van der Waals surface area contributed by atoms with E-state index in [0.717, 1.165) is 5.75 Å². The van der Waals surface area contributed by atoms with E-state index in [-0.39, 0.29) is 6.29 Å². The summed E-state index contributed by atoms with van der Waals surface area (Å²) in [5.41, 5.74) is 0. The zero-order chi connectivity index (χ0) is 10.2. The molecule has 3 nitrogen and oxygen atoms in total. The van der Waals surface area contributed by atoms with Gasteiger partial charge in [0.15, 0.2) is 6.29 Å². The van der Waals surface area contributed by atoms with E-state index in [0.29, 0.717) is 13.2 Å². The van der Waals surface area contributed by atoms with Crippen LogP contribution in [0.5, 0.6) is 5.75 Å². The fourth-order valence-electron chi connectivity index (χ4n) is 0.973. The second-order valence-corrected chi connectivity index (χ2v) is 2.78. The van der Waals surface area contributed by atoms with Gasteiger partial charge in [0.05, 0.1) is 13.2 Å². The Morgan fingerprint density at radius 3 is 2.64 bits per heavy atom. The molecule has 0 aliphatic heterocycles. The van der Waals surface area contributed by atoms with Gasteiger partial charge in [0.1, 0.15) is 5.75 Å². The first kappa shape index (κ1) is 11.0. The van der Waals surface area contributed by atoms with Crippen LogP contribution < -0.4 is 4.74 Å². The van der Waals surface area contributed by atoms with Crippen LogP contribution >= 0.6 is 0 Å². The minimum Gasteiger partial charge on any atom is -0.465 e. The van der Waals surface area contributed by atoms with E-state index in [1.54, 1.807) is 19.2 Å². The molecule has 0 saturated carbocycles. The van der Waals surface area contributed by atoms with E-state index < -0.39 is 0 Å². The molecule has 0 fully saturated rings. The largest absolute Gasteiger partial charge is 0.465 e. The first-order valence-electron chi connectivity index (χ1n) is 4.56. The van der Waals surface area contributed by atoms with Gasteiger partial charge in [-0.25, -0.2) is 0 Å². The third-order valence-electron chi connectivity index (χ3n) is 1.63. The lowest BCUT2D eigenvalue weighted by Gasteiger charge is -2.14. The summed E-state index contributed by atoms with van der Waals surface area (Å²) in [5, 5.41) is 0. The molecule has 0 spiro atoms. The van der Waals surface area contributed by atoms with Gasteiger partial charge < -0.3 is 14.2 Å². The Labute approximate surface area is 84.6 Å². The molecule has 0 heterocycles. The molecule has 1 radical (unpaired) electrons. The van der Waals surface area contributed by atoms with E-state index in [4.69, 9.17) is 14.2 Å². The maximum absolute atomic E-state index is 5.46. The number of rotatable bonds is 6. The Morgan fingerprint density at radius 2 is 2.00 bits per heavy atom. The van der Waals surface area contributed by atoms with Gasteiger partial charge >= 0.3 is 0 Å². The monoisotopic (exact) mass is 195 g/mol. The number of hydrogen-bond acceptors (Lipinski definition) is 3. The average molecular weight is 195 g/mol. The molecule has 1 rings (SSSR count). The van der Waals surface area contributed by atoms with Crippen LogP contribution in [0.1, 0.15) is 6.92 Å². The van der Waals surface area contributed by atoms with Crippen molar-refractivity contribution in [2.75, 3.05) is 20.3 Å². The van der Waals surface area contributed by atoms with Gasteiger partial charge in [-0.1, -0.05) is 12.1 Å². The summed E-state index contributed by atoms with van der Waals surface area (Å²) in [6.45, 7) is 2.97. The molecule has 0 amide bonds. The van der Waals surface area contributed by atoms with Crippen molar-refractivity contribution in [2.24, 2.45) is 0 Å². The smallest absolute Gasteiger partial charge is 0.197 e. The highest BCUT2D eigenvalue weighted by Gasteiger charge is 2.02. The highest BCUT2D eigenvalue weighted by atomic mass is 16.7. The number of methoxy groups -OCH3 is 1. The highest BCUT2D eigenvalue weighted by Crippen LogP contribution is 2.10. The summed E-state index contributed by atoms with van der Waals surface area (Å²) in [6.07, 6.45) is -0.257. The van der Waals surface area contributed by atoms with Gasteiger partial charge in [-0.2, -0.15) is 0 Å². The molecule has 77 valence electrons. The average Bonchev–Trinajstić information content (AvgIpc) is 2.20. The van der Waals surface area contributed by atoms with Crippen LogP contribution in [0.25, 0.3) is 0 Å². The fraction of sp³-hybridized carbons (Fsp3) is 0.455. The molecule has 1 aromatic carbocycles. The molecule has 0 N–H and O–H groups in total. The van der Waals surface area contributed by atoms with Crippen molar-refractivity contribution < 1.29 is 14.2 Å². The predicted molar refractivity (Wildman–Crippen MR) is 53.2 cm³/mol. The SMILES string of the molecule is COCCOC(C)Oc1cc[c]cc1. The van der Waals surface area contributed by atoms with E-state index in [1.807, 2.05) is 19.1 Å². The third kappa shape index (κ3) is 4.25. The number of ether oxygens (including phenoxy) is 3. The normalized spacial score (nSPS) is 12.4. The molecule has 0 bridgehead atoms.